The lowest BCUT2D eigenvalue weighted by atomic mass is 10.1. The van der Waals surface area contributed by atoms with Gasteiger partial charge in [-0.05, 0) is 67.2 Å². The monoisotopic (exact) mass is 506 g/mol. The Bertz CT molecular complexity index is 1240. The standard InChI is InChI=1S/C27H27FN4O3S/c1-19-6-2-5-9-24(19)35-18-25(33)30-27(36)29-20-10-12-21(13-11-20)31-14-16-32(17-15-31)26(34)22-7-3-4-8-23(22)28/h2-13H,14-18H2,1H3,(H2,29,30,33,36). The molecule has 4 rings (SSSR count). The van der Waals surface area contributed by atoms with Crippen LogP contribution in [0.25, 0.3) is 0 Å². The van der Waals surface area contributed by atoms with Gasteiger partial charge in [-0.25, -0.2) is 4.39 Å². The van der Waals surface area contributed by atoms with E-state index in [0.29, 0.717) is 31.9 Å². The van der Waals surface area contributed by atoms with Gasteiger partial charge in [-0.3, -0.25) is 14.9 Å². The van der Waals surface area contributed by atoms with Crippen LogP contribution in [0.2, 0.25) is 0 Å². The van der Waals surface area contributed by atoms with E-state index in [4.69, 9.17) is 17.0 Å². The molecular weight excluding hydrogens is 479 g/mol. The third-order valence-electron chi connectivity index (χ3n) is 5.87. The first kappa shape index (κ1) is 25.1. The molecule has 3 aromatic carbocycles. The van der Waals surface area contributed by atoms with E-state index in [9.17, 15) is 14.0 Å². The highest BCUT2D eigenvalue weighted by Crippen LogP contribution is 2.21. The van der Waals surface area contributed by atoms with Crippen molar-refractivity contribution < 1.29 is 18.7 Å². The first-order valence-electron chi connectivity index (χ1n) is 11.6. The molecular formula is C27H27FN4O3S. The molecule has 36 heavy (non-hydrogen) atoms. The SMILES string of the molecule is Cc1ccccc1OCC(=O)NC(=S)Nc1ccc(N2CCN(C(=O)c3ccccc3F)CC2)cc1. The summed E-state index contributed by atoms with van der Waals surface area (Å²) in [7, 11) is 0. The molecule has 3 aromatic rings. The van der Waals surface area contributed by atoms with Crippen molar-refractivity contribution >= 4 is 40.5 Å². The van der Waals surface area contributed by atoms with Crippen molar-refractivity contribution in [3.05, 3.63) is 89.7 Å². The summed E-state index contributed by atoms with van der Waals surface area (Å²) in [5, 5.41) is 5.79. The number of nitrogens with zero attached hydrogens (tertiary/aromatic N) is 2. The Morgan fingerprint density at radius 1 is 0.944 bits per heavy atom. The van der Waals surface area contributed by atoms with Crippen LogP contribution in [-0.2, 0) is 4.79 Å². The molecule has 0 atom stereocenters. The number of nitrogens with one attached hydrogen (secondary N) is 2. The van der Waals surface area contributed by atoms with Gasteiger partial charge in [0.1, 0.15) is 11.6 Å². The average Bonchev–Trinajstić information content (AvgIpc) is 2.88. The molecule has 186 valence electrons. The third kappa shape index (κ3) is 6.37. The third-order valence-corrected chi connectivity index (χ3v) is 6.07. The predicted octanol–water partition coefficient (Wildman–Crippen LogP) is 3.99. The molecule has 2 N–H and O–H groups in total. The van der Waals surface area contributed by atoms with Crippen molar-refractivity contribution in [3.63, 3.8) is 0 Å². The Labute approximate surface area is 214 Å². The van der Waals surface area contributed by atoms with Crippen LogP contribution < -0.4 is 20.3 Å². The Morgan fingerprint density at radius 3 is 2.31 bits per heavy atom. The van der Waals surface area contributed by atoms with Gasteiger partial charge in [0.15, 0.2) is 11.7 Å². The highest BCUT2D eigenvalue weighted by atomic mass is 32.1. The van der Waals surface area contributed by atoms with E-state index in [1.165, 1.54) is 12.1 Å². The summed E-state index contributed by atoms with van der Waals surface area (Å²) in [6.07, 6.45) is 0. The number of aryl methyl sites for hydroxylation is 1. The second kappa shape index (κ2) is 11.6. The Morgan fingerprint density at radius 2 is 1.61 bits per heavy atom. The fraction of sp³-hybridized carbons (Fsp3) is 0.222. The van der Waals surface area contributed by atoms with Gasteiger partial charge in [0.2, 0.25) is 0 Å². The Balaban J connectivity index is 1.23. The van der Waals surface area contributed by atoms with Crippen LogP contribution in [0.5, 0.6) is 5.75 Å². The maximum atomic E-state index is 14.0. The van der Waals surface area contributed by atoms with Crippen LogP contribution in [0.3, 0.4) is 0 Å². The first-order chi connectivity index (χ1) is 17.4. The zero-order valence-electron chi connectivity index (χ0n) is 19.9. The molecule has 1 aliphatic rings. The molecule has 9 heteroatoms. The first-order valence-corrected chi connectivity index (χ1v) is 12.0. The summed E-state index contributed by atoms with van der Waals surface area (Å²) in [5.74, 6) is -0.483. The van der Waals surface area contributed by atoms with Crippen LogP contribution in [0.1, 0.15) is 15.9 Å². The summed E-state index contributed by atoms with van der Waals surface area (Å²) in [6, 6.07) is 21.2. The van der Waals surface area contributed by atoms with E-state index < -0.39 is 5.82 Å². The number of amides is 2. The predicted molar refractivity (Wildman–Crippen MR) is 142 cm³/mol. The number of hydrogen-bond acceptors (Lipinski definition) is 5. The topological polar surface area (TPSA) is 73.9 Å². The van der Waals surface area contributed by atoms with E-state index in [1.807, 2.05) is 55.5 Å². The molecule has 0 bridgehead atoms. The number of carbonyl (C=O) groups is 2. The number of thiocarbonyl (C=S) groups is 1. The van der Waals surface area contributed by atoms with E-state index in [0.717, 1.165) is 16.9 Å². The number of anilines is 2. The molecule has 1 aliphatic heterocycles. The van der Waals surface area contributed by atoms with E-state index in [2.05, 4.69) is 15.5 Å². The van der Waals surface area contributed by atoms with E-state index in [1.54, 1.807) is 17.0 Å². The summed E-state index contributed by atoms with van der Waals surface area (Å²) in [4.78, 5) is 28.6. The van der Waals surface area contributed by atoms with Gasteiger partial charge in [0.25, 0.3) is 11.8 Å². The van der Waals surface area contributed by atoms with Crippen LogP contribution in [0, 0.1) is 12.7 Å². The molecule has 0 aliphatic carbocycles. The van der Waals surface area contributed by atoms with Crippen molar-refractivity contribution in [1.82, 2.24) is 10.2 Å². The maximum absolute atomic E-state index is 14.0. The average molecular weight is 507 g/mol. The molecule has 2 amide bonds. The molecule has 1 fully saturated rings. The molecule has 7 nitrogen and oxygen atoms in total. The van der Waals surface area contributed by atoms with Crippen LogP contribution in [0.4, 0.5) is 15.8 Å². The minimum absolute atomic E-state index is 0.103. The molecule has 0 aromatic heterocycles. The minimum Gasteiger partial charge on any atom is -0.483 e. The number of para-hydroxylation sites is 1. The summed E-state index contributed by atoms with van der Waals surface area (Å²) in [5.41, 5.74) is 2.78. The number of benzene rings is 3. The zero-order chi connectivity index (χ0) is 25.5. The lowest BCUT2D eigenvalue weighted by Gasteiger charge is -2.36. The van der Waals surface area contributed by atoms with Gasteiger partial charge in [-0.2, -0.15) is 0 Å². The normalized spacial score (nSPS) is 13.2. The molecule has 0 saturated carbocycles. The van der Waals surface area contributed by atoms with Crippen molar-refractivity contribution in [2.24, 2.45) is 0 Å². The van der Waals surface area contributed by atoms with Gasteiger partial charge in [-0.15, -0.1) is 0 Å². The largest absolute Gasteiger partial charge is 0.483 e. The number of rotatable bonds is 6. The van der Waals surface area contributed by atoms with Crippen molar-refractivity contribution in [3.8, 4) is 5.75 Å². The number of hydrogen-bond donors (Lipinski definition) is 2. The maximum Gasteiger partial charge on any atom is 0.264 e. The van der Waals surface area contributed by atoms with Crippen LogP contribution in [0.15, 0.2) is 72.8 Å². The number of ether oxygens (including phenoxy) is 1. The highest BCUT2D eigenvalue weighted by Gasteiger charge is 2.24. The molecule has 1 heterocycles. The number of piperazine rings is 1. The molecule has 0 radical (unpaired) electrons. The lowest BCUT2D eigenvalue weighted by molar-refractivity contribution is -0.121. The quantitative estimate of drug-likeness (QED) is 0.493. The smallest absolute Gasteiger partial charge is 0.264 e. The van der Waals surface area contributed by atoms with Crippen molar-refractivity contribution in [1.29, 1.82) is 0 Å². The Kier molecular flexibility index (Phi) is 8.12. The van der Waals surface area contributed by atoms with Crippen molar-refractivity contribution in [2.75, 3.05) is 43.0 Å². The Hall–Kier alpha value is -3.98. The zero-order valence-corrected chi connectivity index (χ0v) is 20.7. The van der Waals surface area contributed by atoms with E-state index >= 15 is 0 Å². The molecule has 1 saturated heterocycles. The fourth-order valence-electron chi connectivity index (χ4n) is 3.92. The number of halogens is 1. The fourth-order valence-corrected chi connectivity index (χ4v) is 4.15. The summed E-state index contributed by atoms with van der Waals surface area (Å²) >= 11 is 5.24. The minimum atomic E-state index is -0.499. The second-order valence-corrected chi connectivity index (χ2v) is 8.77. The van der Waals surface area contributed by atoms with Gasteiger partial charge in [0, 0.05) is 37.6 Å². The van der Waals surface area contributed by atoms with Crippen molar-refractivity contribution in [2.45, 2.75) is 6.92 Å². The van der Waals surface area contributed by atoms with E-state index in [-0.39, 0.29) is 29.1 Å². The highest BCUT2D eigenvalue weighted by molar-refractivity contribution is 7.80. The van der Waals surface area contributed by atoms with Crippen LogP contribution in [-0.4, -0.2) is 54.6 Å². The number of carbonyl (C=O) groups excluding carboxylic acids is 2. The molecule has 0 unspecified atom stereocenters. The summed E-state index contributed by atoms with van der Waals surface area (Å²) in [6.45, 7) is 4.07. The molecule has 0 spiro atoms. The lowest BCUT2D eigenvalue weighted by Crippen LogP contribution is -2.49. The second-order valence-electron chi connectivity index (χ2n) is 8.36. The van der Waals surface area contributed by atoms with Gasteiger partial charge >= 0.3 is 0 Å². The van der Waals surface area contributed by atoms with Crippen LogP contribution >= 0.6 is 12.2 Å². The van der Waals surface area contributed by atoms with Gasteiger partial charge in [-0.1, -0.05) is 30.3 Å². The van der Waals surface area contributed by atoms with Gasteiger partial charge < -0.3 is 19.9 Å². The summed E-state index contributed by atoms with van der Waals surface area (Å²) < 4.78 is 19.5. The van der Waals surface area contributed by atoms with Gasteiger partial charge in [0.05, 0.1) is 5.56 Å².